The van der Waals surface area contributed by atoms with E-state index in [0.29, 0.717) is 10.8 Å². The second-order valence-electron chi connectivity index (χ2n) is 3.66. The highest BCUT2D eigenvalue weighted by Crippen LogP contribution is 2.21. The Labute approximate surface area is 103 Å². The fraction of sp³-hybridized carbons (Fsp3) is 0.273. The zero-order valence-electron chi connectivity index (χ0n) is 9.81. The van der Waals surface area contributed by atoms with Crippen molar-refractivity contribution in [1.82, 2.24) is 15.0 Å². The van der Waals surface area contributed by atoms with E-state index in [1.54, 1.807) is 6.20 Å². The zero-order valence-corrected chi connectivity index (χ0v) is 10.6. The number of carbonyl (C=O) groups is 1. The molecule has 1 amide bonds. The minimum atomic E-state index is -0.286. The van der Waals surface area contributed by atoms with Gasteiger partial charge in [0.15, 0.2) is 5.13 Å². The molecule has 0 spiro atoms. The normalized spacial score (nSPS) is 10.3. The van der Waals surface area contributed by atoms with E-state index in [1.807, 2.05) is 20.8 Å². The van der Waals surface area contributed by atoms with Gasteiger partial charge in [-0.25, -0.2) is 9.97 Å². The Morgan fingerprint density at radius 1 is 1.24 bits per heavy atom. The quantitative estimate of drug-likeness (QED) is 0.883. The van der Waals surface area contributed by atoms with E-state index in [9.17, 15) is 4.79 Å². The third kappa shape index (κ3) is 2.65. The van der Waals surface area contributed by atoms with Crippen LogP contribution in [0.2, 0.25) is 0 Å². The lowest BCUT2D eigenvalue weighted by molar-refractivity contribution is 0.102. The van der Waals surface area contributed by atoms with Crippen molar-refractivity contribution in [2.45, 2.75) is 20.8 Å². The molecular formula is C11H12N4OS. The van der Waals surface area contributed by atoms with E-state index in [1.165, 1.54) is 17.5 Å². The van der Waals surface area contributed by atoms with E-state index in [2.05, 4.69) is 20.3 Å². The van der Waals surface area contributed by atoms with Crippen molar-refractivity contribution in [3.05, 3.63) is 34.4 Å². The number of hydrogen-bond donors (Lipinski definition) is 1. The molecule has 0 saturated carbocycles. The van der Waals surface area contributed by atoms with Crippen LogP contribution in [0.1, 0.15) is 26.8 Å². The van der Waals surface area contributed by atoms with Gasteiger partial charge < -0.3 is 0 Å². The van der Waals surface area contributed by atoms with Gasteiger partial charge in [0.05, 0.1) is 17.6 Å². The van der Waals surface area contributed by atoms with Crippen LogP contribution in [0, 0.1) is 20.8 Å². The van der Waals surface area contributed by atoms with E-state index in [4.69, 9.17) is 0 Å². The van der Waals surface area contributed by atoms with E-state index >= 15 is 0 Å². The molecule has 2 aromatic rings. The van der Waals surface area contributed by atoms with Crippen LogP contribution in [0.25, 0.3) is 0 Å². The van der Waals surface area contributed by atoms with Gasteiger partial charge in [-0.1, -0.05) is 0 Å². The van der Waals surface area contributed by atoms with Gasteiger partial charge in [-0.15, -0.1) is 11.3 Å². The van der Waals surface area contributed by atoms with Crippen molar-refractivity contribution >= 4 is 22.4 Å². The Kier molecular flexibility index (Phi) is 3.14. The summed E-state index contributed by atoms with van der Waals surface area (Å²) in [5.74, 6) is -0.286. The van der Waals surface area contributed by atoms with Gasteiger partial charge in [0, 0.05) is 11.1 Å². The van der Waals surface area contributed by atoms with Gasteiger partial charge in [-0.3, -0.25) is 15.1 Å². The lowest BCUT2D eigenvalue weighted by atomic mass is 10.4. The van der Waals surface area contributed by atoms with E-state index in [0.717, 1.165) is 16.3 Å². The summed E-state index contributed by atoms with van der Waals surface area (Å²) in [6, 6.07) is 0. The van der Waals surface area contributed by atoms with Crippen LogP contribution >= 0.6 is 11.3 Å². The van der Waals surface area contributed by atoms with Crippen molar-refractivity contribution in [1.29, 1.82) is 0 Å². The van der Waals surface area contributed by atoms with E-state index in [-0.39, 0.29) is 5.91 Å². The van der Waals surface area contributed by atoms with Gasteiger partial charge in [-0.2, -0.15) is 0 Å². The minimum absolute atomic E-state index is 0.286. The first-order valence-electron chi connectivity index (χ1n) is 5.10. The molecule has 2 rings (SSSR count). The number of amides is 1. The molecule has 0 aliphatic rings. The second kappa shape index (κ2) is 4.58. The SMILES string of the molecule is Cc1cnc(C(=O)Nc2nc(C)c(C)s2)cn1. The molecule has 2 heterocycles. The summed E-state index contributed by atoms with van der Waals surface area (Å²) in [5.41, 5.74) is 2.00. The second-order valence-corrected chi connectivity index (χ2v) is 4.86. The Morgan fingerprint density at radius 2 is 2.00 bits per heavy atom. The topological polar surface area (TPSA) is 67.8 Å². The molecule has 0 saturated heterocycles. The summed E-state index contributed by atoms with van der Waals surface area (Å²) in [7, 11) is 0. The first-order valence-corrected chi connectivity index (χ1v) is 5.92. The molecule has 6 heteroatoms. The van der Waals surface area contributed by atoms with Crippen LogP contribution in [-0.4, -0.2) is 20.9 Å². The molecule has 2 aromatic heterocycles. The number of thiazole rings is 1. The highest BCUT2D eigenvalue weighted by atomic mass is 32.1. The molecule has 0 aliphatic carbocycles. The number of anilines is 1. The fourth-order valence-corrected chi connectivity index (χ4v) is 2.01. The van der Waals surface area contributed by atoms with Crippen molar-refractivity contribution in [2.24, 2.45) is 0 Å². The van der Waals surface area contributed by atoms with Gasteiger partial charge in [-0.05, 0) is 20.8 Å². The van der Waals surface area contributed by atoms with Crippen LogP contribution in [0.5, 0.6) is 0 Å². The molecule has 1 N–H and O–H groups in total. The maximum Gasteiger partial charge on any atom is 0.277 e. The molecule has 0 bridgehead atoms. The lowest BCUT2D eigenvalue weighted by Crippen LogP contribution is -2.13. The average Bonchev–Trinajstić information content (AvgIpc) is 2.58. The zero-order chi connectivity index (χ0) is 12.4. The van der Waals surface area contributed by atoms with Crippen molar-refractivity contribution in [3.63, 3.8) is 0 Å². The number of aryl methyl sites for hydroxylation is 3. The molecular weight excluding hydrogens is 236 g/mol. The summed E-state index contributed by atoms with van der Waals surface area (Å²) < 4.78 is 0. The standard InChI is InChI=1S/C11H12N4OS/c1-6-4-13-9(5-12-6)10(16)15-11-14-7(2)8(3)17-11/h4-5H,1-3H3,(H,14,15,16). The van der Waals surface area contributed by atoms with Crippen molar-refractivity contribution in [3.8, 4) is 0 Å². The van der Waals surface area contributed by atoms with Crippen LogP contribution in [0.3, 0.4) is 0 Å². The van der Waals surface area contributed by atoms with Gasteiger partial charge in [0.25, 0.3) is 5.91 Å². The number of aromatic nitrogens is 3. The third-order valence-corrected chi connectivity index (χ3v) is 3.25. The number of carbonyl (C=O) groups excluding carboxylic acids is 1. The number of nitrogens with one attached hydrogen (secondary N) is 1. The Morgan fingerprint density at radius 3 is 2.53 bits per heavy atom. The van der Waals surface area contributed by atoms with Gasteiger partial charge >= 0.3 is 0 Å². The molecule has 88 valence electrons. The average molecular weight is 248 g/mol. The number of rotatable bonds is 2. The predicted molar refractivity (Wildman–Crippen MR) is 66.3 cm³/mol. The summed E-state index contributed by atoms with van der Waals surface area (Å²) in [5, 5.41) is 3.30. The molecule has 5 nitrogen and oxygen atoms in total. The Bertz CT molecular complexity index is 528. The Hall–Kier alpha value is -1.82. The van der Waals surface area contributed by atoms with Crippen LogP contribution < -0.4 is 5.32 Å². The summed E-state index contributed by atoms with van der Waals surface area (Å²) >= 11 is 1.45. The predicted octanol–water partition coefficient (Wildman–Crippen LogP) is 2.11. The summed E-state index contributed by atoms with van der Waals surface area (Å²) in [6.07, 6.45) is 3.02. The summed E-state index contributed by atoms with van der Waals surface area (Å²) in [6.45, 7) is 5.70. The molecule has 0 radical (unpaired) electrons. The maximum atomic E-state index is 11.8. The lowest BCUT2D eigenvalue weighted by Gasteiger charge is -2.00. The molecule has 0 fully saturated rings. The van der Waals surface area contributed by atoms with E-state index < -0.39 is 0 Å². The van der Waals surface area contributed by atoms with Crippen molar-refractivity contribution in [2.75, 3.05) is 5.32 Å². The first-order chi connectivity index (χ1) is 8.06. The Balaban J connectivity index is 2.14. The van der Waals surface area contributed by atoms with Crippen molar-refractivity contribution < 1.29 is 4.79 Å². The highest BCUT2D eigenvalue weighted by molar-refractivity contribution is 7.15. The van der Waals surface area contributed by atoms with Gasteiger partial charge in [0.2, 0.25) is 0 Å². The van der Waals surface area contributed by atoms with Gasteiger partial charge in [0.1, 0.15) is 5.69 Å². The van der Waals surface area contributed by atoms with Crippen LogP contribution in [0.4, 0.5) is 5.13 Å². The largest absolute Gasteiger partial charge is 0.296 e. The molecule has 0 atom stereocenters. The number of nitrogens with zero attached hydrogens (tertiary/aromatic N) is 3. The maximum absolute atomic E-state index is 11.8. The smallest absolute Gasteiger partial charge is 0.277 e. The van der Waals surface area contributed by atoms with Crippen LogP contribution in [-0.2, 0) is 0 Å². The highest BCUT2D eigenvalue weighted by Gasteiger charge is 2.11. The monoisotopic (exact) mass is 248 g/mol. The molecule has 0 unspecified atom stereocenters. The fourth-order valence-electron chi connectivity index (χ4n) is 1.20. The molecule has 0 aliphatic heterocycles. The minimum Gasteiger partial charge on any atom is -0.296 e. The first kappa shape index (κ1) is 11.7. The number of hydrogen-bond acceptors (Lipinski definition) is 5. The molecule has 0 aromatic carbocycles. The van der Waals surface area contributed by atoms with Crippen LogP contribution in [0.15, 0.2) is 12.4 Å². The summed E-state index contributed by atoms with van der Waals surface area (Å²) in [4.78, 5) is 25.2. The molecule has 17 heavy (non-hydrogen) atoms. The third-order valence-electron chi connectivity index (χ3n) is 2.26.